The van der Waals surface area contributed by atoms with Gasteiger partial charge in [0.05, 0.1) is 22.1 Å². The Morgan fingerprint density at radius 3 is 2.79 bits per heavy atom. The standard InChI is InChI=1S/C27H32Cl2N2O3/c1-3-12-31-13-11-26(20-5-4-6-22(32)16-20)17-21(9-10-27(26,18-31)34-2)30-25(33)15-19-7-8-23(28)24(29)14-19/h3-8,14,16,21,32H,1,9-13,15,17-18H2,2H3,(H,30,33)/t21-,26?,27?/m1/s1. The van der Waals surface area contributed by atoms with Crippen molar-refractivity contribution in [2.75, 3.05) is 26.7 Å². The highest BCUT2D eigenvalue weighted by atomic mass is 35.5. The molecule has 0 aromatic heterocycles. The van der Waals surface area contributed by atoms with Crippen molar-refractivity contribution in [1.29, 1.82) is 0 Å². The summed E-state index contributed by atoms with van der Waals surface area (Å²) in [5.41, 5.74) is 1.16. The SMILES string of the molecule is C=CCN1CCC2(c3cccc(O)c3)C[C@H](NC(=O)Cc3ccc(Cl)c(Cl)c3)CCC2(OC)C1. The van der Waals surface area contributed by atoms with E-state index in [1.165, 1.54) is 0 Å². The van der Waals surface area contributed by atoms with Crippen molar-refractivity contribution in [1.82, 2.24) is 10.2 Å². The number of ether oxygens (including phenoxy) is 1. The zero-order valence-corrected chi connectivity index (χ0v) is 21.0. The predicted molar refractivity (Wildman–Crippen MR) is 137 cm³/mol. The van der Waals surface area contributed by atoms with Crippen molar-refractivity contribution in [2.45, 2.75) is 49.2 Å². The minimum Gasteiger partial charge on any atom is -0.508 e. The van der Waals surface area contributed by atoms with Gasteiger partial charge in [0, 0.05) is 31.7 Å². The number of hydrogen-bond donors (Lipinski definition) is 2. The van der Waals surface area contributed by atoms with Crippen LogP contribution in [0.25, 0.3) is 0 Å². The molecule has 0 bridgehead atoms. The average molecular weight is 503 g/mol. The van der Waals surface area contributed by atoms with Gasteiger partial charge in [-0.25, -0.2) is 0 Å². The van der Waals surface area contributed by atoms with Gasteiger partial charge in [-0.15, -0.1) is 6.58 Å². The molecule has 0 spiro atoms. The van der Waals surface area contributed by atoms with E-state index in [0.717, 1.165) is 56.4 Å². The van der Waals surface area contributed by atoms with Crippen molar-refractivity contribution in [2.24, 2.45) is 0 Å². The van der Waals surface area contributed by atoms with Gasteiger partial charge in [0.25, 0.3) is 0 Å². The molecule has 7 heteroatoms. The number of phenols is 1. The summed E-state index contributed by atoms with van der Waals surface area (Å²) >= 11 is 12.1. The molecule has 0 radical (unpaired) electrons. The molecule has 2 unspecified atom stereocenters. The molecule has 2 aromatic rings. The number of piperidine rings is 1. The molecule has 1 amide bonds. The van der Waals surface area contributed by atoms with E-state index in [-0.39, 0.29) is 29.5 Å². The lowest BCUT2D eigenvalue weighted by Gasteiger charge is -2.59. The number of halogens is 2. The molecular weight excluding hydrogens is 471 g/mol. The molecule has 2 N–H and O–H groups in total. The fraction of sp³-hybridized carbons (Fsp3) is 0.444. The maximum atomic E-state index is 12.9. The predicted octanol–water partition coefficient (Wildman–Crippen LogP) is 5.13. The molecule has 2 fully saturated rings. The molecule has 1 aliphatic carbocycles. The van der Waals surface area contributed by atoms with Gasteiger partial charge in [-0.3, -0.25) is 9.69 Å². The largest absolute Gasteiger partial charge is 0.508 e. The molecule has 34 heavy (non-hydrogen) atoms. The average Bonchev–Trinajstić information content (AvgIpc) is 2.81. The van der Waals surface area contributed by atoms with Gasteiger partial charge in [0.2, 0.25) is 5.91 Å². The summed E-state index contributed by atoms with van der Waals surface area (Å²) in [6.45, 7) is 6.40. The van der Waals surface area contributed by atoms with Crippen LogP contribution < -0.4 is 5.32 Å². The summed E-state index contributed by atoms with van der Waals surface area (Å²) in [4.78, 5) is 15.3. The lowest BCUT2D eigenvalue weighted by Crippen LogP contribution is -2.68. The Kier molecular flexibility index (Phi) is 7.58. The van der Waals surface area contributed by atoms with Crippen molar-refractivity contribution >= 4 is 29.1 Å². The Morgan fingerprint density at radius 2 is 2.09 bits per heavy atom. The van der Waals surface area contributed by atoms with Crippen LogP contribution >= 0.6 is 23.2 Å². The van der Waals surface area contributed by atoms with Crippen LogP contribution in [0, 0.1) is 0 Å². The zero-order valence-electron chi connectivity index (χ0n) is 19.5. The minimum atomic E-state index is -0.410. The van der Waals surface area contributed by atoms with Crippen LogP contribution in [0.1, 0.15) is 36.8 Å². The third kappa shape index (κ3) is 4.85. The molecule has 1 aliphatic heterocycles. The van der Waals surface area contributed by atoms with Crippen LogP contribution in [0.2, 0.25) is 10.0 Å². The summed E-state index contributed by atoms with van der Waals surface area (Å²) in [6.07, 6.45) is 5.43. The van der Waals surface area contributed by atoms with Crippen LogP contribution in [0.4, 0.5) is 0 Å². The number of phenolic OH excluding ortho intramolecular Hbond substituents is 1. The van der Waals surface area contributed by atoms with Gasteiger partial charge >= 0.3 is 0 Å². The fourth-order valence-electron chi connectivity index (χ4n) is 5.97. The number of carbonyl (C=O) groups excluding carboxylic acids is 1. The molecular formula is C27H32Cl2N2O3. The molecule has 2 aromatic carbocycles. The van der Waals surface area contributed by atoms with Gasteiger partial charge < -0.3 is 15.2 Å². The summed E-state index contributed by atoms with van der Waals surface area (Å²) in [7, 11) is 1.79. The smallest absolute Gasteiger partial charge is 0.224 e. The number of carbonyl (C=O) groups is 1. The molecule has 5 nitrogen and oxygen atoms in total. The number of methoxy groups -OCH3 is 1. The van der Waals surface area contributed by atoms with Crippen LogP contribution in [-0.4, -0.2) is 54.3 Å². The third-order valence-electron chi connectivity index (χ3n) is 7.59. The van der Waals surface area contributed by atoms with Crippen LogP contribution in [0.15, 0.2) is 55.1 Å². The topological polar surface area (TPSA) is 61.8 Å². The van der Waals surface area contributed by atoms with Crippen LogP contribution in [-0.2, 0) is 21.4 Å². The number of benzene rings is 2. The van der Waals surface area contributed by atoms with E-state index in [1.807, 2.05) is 24.3 Å². The van der Waals surface area contributed by atoms with Crippen LogP contribution in [0.3, 0.4) is 0 Å². The molecule has 1 saturated carbocycles. The first-order valence-electron chi connectivity index (χ1n) is 11.7. The Bertz CT molecular complexity index is 1060. The molecule has 182 valence electrons. The van der Waals surface area contributed by atoms with Gasteiger partial charge in [0.1, 0.15) is 5.75 Å². The maximum Gasteiger partial charge on any atom is 0.224 e. The first kappa shape index (κ1) is 25.1. The lowest BCUT2D eigenvalue weighted by atomic mass is 9.55. The number of rotatable bonds is 7. The van der Waals surface area contributed by atoms with E-state index in [1.54, 1.807) is 25.3 Å². The van der Waals surface area contributed by atoms with Crippen molar-refractivity contribution in [3.8, 4) is 5.75 Å². The summed E-state index contributed by atoms with van der Waals surface area (Å²) in [5, 5.41) is 14.5. The first-order chi connectivity index (χ1) is 16.3. The second-order valence-corrected chi connectivity index (χ2v) is 10.4. The molecule has 3 atom stereocenters. The van der Waals surface area contributed by atoms with Gasteiger partial charge in [0.15, 0.2) is 0 Å². The zero-order chi connectivity index (χ0) is 24.3. The third-order valence-corrected chi connectivity index (χ3v) is 8.33. The highest BCUT2D eigenvalue weighted by Crippen LogP contribution is 2.53. The van der Waals surface area contributed by atoms with E-state index in [0.29, 0.717) is 10.0 Å². The molecule has 1 saturated heterocycles. The quantitative estimate of drug-likeness (QED) is 0.515. The van der Waals surface area contributed by atoms with Gasteiger partial charge in [-0.2, -0.15) is 0 Å². The van der Waals surface area contributed by atoms with E-state index >= 15 is 0 Å². The Labute approximate surface area is 211 Å². The Morgan fingerprint density at radius 1 is 1.26 bits per heavy atom. The normalized spacial score (nSPS) is 27.1. The van der Waals surface area contributed by atoms with E-state index in [9.17, 15) is 9.90 Å². The molecule has 2 aliphatic rings. The Hall–Kier alpha value is -2.05. The summed E-state index contributed by atoms with van der Waals surface area (Å²) in [5.74, 6) is 0.208. The molecule has 1 heterocycles. The number of nitrogens with zero attached hydrogens (tertiary/aromatic N) is 1. The second-order valence-electron chi connectivity index (χ2n) is 9.54. The van der Waals surface area contributed by atoms with Crippen molar-refractivity contribution in [3.05, 3.63) is 76.3 Å². The number of likely N-dealkylation sites (tertiary alicyclic amines) is 1. The lowest BCUT2D eigenvalue weighted by molar-refractivity contribution is -0.149. The summed E-state index contributed by atoms with van der Waals surface area (Å²) in [6, 6.07) is 12.8. The maximum absolute atomic E-state index is 12.9. The van der Waals surface area contributed by atoms with Crippen molar-refractivity contribution < 1.29 is 14.6 Å². The first-order valence-corrected chi connectivity index (χ1v) is 12.5. The van der Waals surface area contributed by atoms with Gasteiger partial charge in [-0.05, 0) is 67.6 Å². The molecule has 4 rings (SSSR count). The van der Waals surface area contributed by atoms with Crippen LogP contribution in [0.5, 0.6) is 5.75 Å². The van der Waals surface area contributed by atoms with Gasteiger partial charge in [-0.1, -0.05) is 47.5 Å². The number of amides is 1. The number of fused-ring (bicyclic) bond motifs is 1. The van der Waals surface area contributed by atoms with E-state index in [4.69, 9.17) is 27.9 Å². The van der Waals surface area contributed by atoms with Crippen molar-refractivity contribution in [3.63, 3.8) is 0 Å². The monoisotopic (exact) mass is 502 g/mol. The highest BCUT2D eigenvalue weighted by Gasteiger charge is 2.58. The summed E-state index contributed by atoms with van der Waals surface area (Å²) < 4.78 is 6.33. The number of hydrogen-bond acceptors (Lipinski definition) is 4. The highest BCUT2D eigenvalue weighted by molar-refractivity contribution is 6.42. The van der Waals surface area contributed by atoms with E-state index < -0.39 is 5.60 Å². The minimum absolute atomic E-state index is 0.00634. The van der Waals surface area contributed by atoms with E-state index in [2.05, 4.69) is 22.9 Å². The fourth-order valence-corrected chi connectivity index (χ4v) is 6.29. The Balaban J connectivity index is 1.58. The second kappa shape index (κ2) is 10.3. The number of aromatic hydroxyl groups is 1. The number of nitrogens with one attached hydrogen (secondary N) is 1.